The first kappa shape index (κ1) is 15.2. The molecule has 2 heterocycles. The summed E-state index contributed by atoms with van der Waals surface area (Å²) < 4.78 is 5.60. The first-order valence-corrected chi connectivity index (χ1v) is 7.31. The number of hydrogen-bond acceptors (Lipinski definition) is 6. The molecule has 0 radical (unpaired) electrons. The average molecular weight is 307 g/mol. The van der Waals surface area contributed by atoms with Crippen LogP contribution in [0.4, 0.5) is 9.93 Å². The standard InChI is InChI=1S/C13H17N5O2S/c1-8(2)20-11-10(5-4-6-14-11)7-15-12(19)16-13-18-17-9(3)21-13/h4-6,8H,7H2,1-3H3,(H2,15,16,18,19). The number of urea groups is 1. The van der Waals surface area contributed by atoms with Crippen molar-refractivity contribution in [2.45, 2.75) is 33.4 Å². The topological polar surface area (TPSA) is 89.0 Å². The molecule has 0 aliphatic carbocycles. The number of nitrogens with zero attached hydrogens (tertiary/aromatic N) is 3. The van der Waals surface area contributed by atoms with Crippen molar-refractivity contribution in [2.75, 3.05) is 5.32 Å². The molecule has 8 heteroatoms. The molecule has 0 bridgehead atoms. The van der Waals surface area contributed by atoms with Crippen molar-refractivity contribution in [3.63, 3.8) is 0 Å². The van der Waals surface area contributed by atoms with E-state index in [1.54, 1.807) is 12.3 Å². The Labute approximate surface area is 126 Å². The minimum absolute atomic E-state index is 0.0249. The molecule has 0 spiro atoms. The minimum Gasteiger partial charge on any atom is -0.475 e. The van der Waals surface area contributed by atoms with Crippen molar-refractivity contribution in [1.29, 1.82) is 0 Å². The van der Waals surface area contributed by atoms with Crippen LogP contribution >= 0.6 is 11.3 Å². The lowest BCUT2D eigenvalue weighted by Gasteiger charge is -2.13. The van der Waals surface area contributed by atoms with Crippen molar-refractivity contribution in [1.82, 2.24) is 20.5 Å². The highest BCUT2D eigenvalue weighted by Crippen LogP contribution is 2.16. The number of hydrogen-bond donors (Lipinski definition) is 2. The molecule has 0 saturated heterocycles. The number of carbonyl (C=O) groups excluding carboxylic acids is 1. The number of anilines is 1. The Morgan fingerprint density at radius 3 is 2.90 bits per heavy atom. The first-order valence-electron chi connectivity index (χ1n) is 6.50. The maximum atomic E-state index is 11.8. The molecule has 2 N–H and O–H groups in total. The molecule has 0 unspecified atom stereocenters. The van der Waals surface area contributed by atoms with E-state index in [1.165, 1.54) is 11.3 Å². The van der Waals surface area contributed by atoms with Crippen molar-refractivity contribution < 1.29 is 9.53 Å². The van der Waals surface area contributed by atoms with Gasteiger partial charge in [0.25, 0.3) is 0 Å². The van der Waals surface area contributed by atoms with Gasteiger partial charge in [-0.1, -0.05) is 17.4 Å². The van der Waals surface area contributed by atoms with Gasteiger partial charge in [-0.3, -0.25) is 5.32 Å². The van der Waals surface area contributed by atoms with Crippen molar-refractivity contribution in [2.24, 2.45) is 0 Å². The Balaban J connectivity index is 1.92. The Morgan fingerprint density at radius 1 is 1.43 bits per heavy atom. The molecule has 0 saturated carbocycles. The average Bonchev–Trinajstić information content (AvgIpc) is 2.82. The number of pyridine rings is 1. The molecule has 0 aliphatic heterocycles. The minimum atomic E-state index is -0.342. The lowest BCUT2D eigenvalue weighted by molar-refractivity contribution is 0.229. The molecule has 0 atom stereocenters. The van der Waals surface area contributed by atoms with E-state index in [1.807, 2.05) is 26.8 Å². The Morgan fingerprint density at radius 2 is 2.24 bits per heavy atom. The maximum absolute atomic E-state index is 11.8. The quantitative estimate of drug-likeness (QED) is 0.885. The van der Waals surface area contributed by atoms with Crippen LogP contribution in [0.25, 0.3) is 0 Å². The lowest BCUT2D eigenvalue weighted by atomic mass is 10.2. The number of carbonyl (C=O) groups is 1. The van der Waals surface area contributed by atoms with E-state index in [4.69, 9.17) is 4.74 Å². The third kappa shape index (κ3) is 4.67. The van der Waals surface area contributed by atoms with Crippen molar-refractivity contribution in [3.8, 4) is 5.88 Å². The normalized spacial score (nSPS) is 10.5. The maximum Gasteiger partial charge on any atom is 0.321 e. The van der Waals surface area contributed by atoms with Gasteiger partial charge in [0.15, 0.2) is 0 Å². The van der Waals surface area contributed by atoms with Crippen molar-refractivity contribution >= 4 is 22.5 Å². The molecule has 2 aromatic heterocycles. The highest BCUT2D eigenvalue weighted by molar-refractivity contribution is 7.15. The summed E-state index contributed by atoms with van der Waals surface area (Å²) in [6.07, 6.45) is 1.68. The third-order valence-electron chi connectivity index (χ3n) is 2.38. The van der Waals surface area contributed by atoms with Crippen molar-refractivity contribution in [3.05, 3.63) is 28.9 Å². The van der Waals surface area contributed by atoms with Gasteiger partial charge in [0.2, 0.25) is 11.0 Å². The SMILES string of the molecule is Cc1nnc(NC(=O)NCc2cccnc2OC(C)C)s1. The second-order valence-corrected chi connectivity index (χ2v) is 5.75. The number of nitrogens with one attached hydrogen (secondary N) is 2. The van der Waals surface area contributed by atoms with Crippen LogP contribution in [-0.2, 0) is 6.54 Å². The molecule has 2 rings (SSSR count). The molecule has 0 fully saturated rings. The fraction of sp³-hybridized carbons (Fsp3) is 0.385. The largest absolute Gasteiger partial charge is 0.475 e. The van der Waals surface area contributed by atoms with Crippen LogP contribution in [0.2, 0.25) is 0 Å². The van der Waals surface area contributed by atoms with E-state index in [-0.39, 0.29) is 12.1 Å². The van der Waals surface area contributed by atoms with E-state index in [9.17, 15) is 4.79 Å². The van der Waals surface area contributed by atoms with Gasteiger partial charge in [-0.05, 0) is 26.8 Å². The van der Waals surface area contributed by atoms with E-state index >= 15 is 0 Å². The van der Waals surface area contributed by atoms with Crippen LogP contribution in [0.1, 0.15) is 24.4 Å². The van der Waals surface area contributed by atoms with Gasteiger partial charge in [0.05, 0.1) is 6.10 Å². The van der Waals surface area contributed by atoms with Crippen LogP contribution in [0.5, 0.6) is 5.88 Å². The van der Waals surface area contributed by atoms with Gasteiger partial charge in [-0.25, -0.2) is 9.78 Å². The highest BCUT2D eigenvalue weighted by Gasteiger charge is 2.09. The fourth-order valence-corrected chi connectivity index (χ4v) is 2.14. The molecule has 0 aromatic carbocycles. The predicted molar refractivity (Wildman–Crippen MR) is 80.5 cm³/mol. The van der Waals surface area contributed by atoms with E-state index in [0.29, 0.717) is 17.6 Å². The summed E-state index contributed by atoms with van der Waals surface area (Å²) in [5, 5.41) is 14.3. The smallest absolute Gasteiger partial charge is 0.321 e. The monoisotopic (exact) mass is 307 g/mol. The summed E-state index contributed by atoms with van der Waals surface area (Å²) in [7, 11) is 0. The molecule has 21 heavy (non-hydrogen) atoms. The van der Waals surface area contributed by atoms with Crippen LogP contribution in [0.3, 0.4) is 0 Å². The number of aryl methyl sites for hydroxylation is 1. The number of aromatic nitrogens is 3. The number of rotatable bonds is 5. The van der Waals surface area contributed by atoms with Gasteiger partial charge in [-0.15, -0.1) is 10.2 Å². The summed E-state index contributed by atoms with van der Waals surface area (Å²) in [6, 6.07) is 3.32. The second-order valence-electron chi connectivity index (χ2n) is 4.57. The number of amides is 2. The van der Waals surface area contributed by atoms with Gasteiger partial charge in [0.1, 0.15) is 5.01 Å². The number of ether oxygens (including phenoxy) is 1. The molecule has 2 aromatic rings. The van der Waals surface area contributed by atoms with Gasteiger partial charge in [0, 0.05) is 18.3 Å². The van der Waals surface area contributed by atoms with Gasteiger partial charge in [-0.2, -0.15) is 0 Å². The highest BCUT2D eigenvalue weighted by atomic mass is 32.1. The molecular weight excluding hydrogens is 290 g/mol. The summed E-state index contributed by atoms with van der Waals surface area (Å²) >= 11 is 1.32. The fourth-order valence-electron chi connectivity index (χ4n) is 1.55. The molecule has 0 aliphatic rings. The van der Waals surface area contributed by atoms with E-state index in [0.717, 1.165) is 10.6 Å². The Kier molecular flexibility index (Phi) is 5.04. The van der Waals surface area contributed by atoms with Gasteiger partial charge < -0.3 is 10.1 Å². The summed E-state index contributed by atoms with van der Waals surface area (Å²) in [6.45, 7) is 6.00. The molecular formula is C13H17N5O2S. The molecule has 112 valence electrons. The lowest BCUT2D eigenvalue weighted by Crippen LogP contribution is -2.28. The zero-order valence-electron chi connectivity index (χ0n) is 12.1. The van der Waals surface area contributed by atoms with Crippen LogP contribution < -0.4 is 15.4 Å². The van der Waals surface area contributed by atoms with E-state index < -0.39 is 0 Å². The zero-order chi connectivity index (χ0) is 15.2. The zero-order valence-corrected chi connectivity index (χ0v) is 12.9. The van der Waals surface area contributed by atoms with Crippen LogP contribution in [-0.4, -0.2) is 27.3 Å². The molecule has 2 amide bonds. The predicted octanol–water partition coefficient (Wildman–Crippen LogP) is 2.35. The molecule has 7 nitrogen and oxygen atoms in total. The van der Waals surface area contributed by atoms with Crippen LogP contribution in [0.15, 0.2) is 18.3 Å². The van der Waals surface area contributed by atoms with E-state index in [2.05, 4.69) is 25.8 Å². The summed E-state index contributed by atoms with van der Waals surface area (Å²) in [5.41, 5.74) is 0.815. The summed E-state index contributed by atoms with van der Waals surface area (Å²) in [4.78, 5) is 16.0. The Hall–Kier alpha value is -2.22. The van der Waals surface area contributed by atoms with Gasteiger partial charge >= 0.3 is 6.03 Å². The third-order valence-corrected chi connectivity index (χ3v) is 3.14. The first-order chi connectivity index (χ1) is 10.0. The van der Waals surface area contributed by atoms with Crippen LogP contribution in [0, 0.1) is 6.92 Å². The summed E-state index contributed by atoms with van der Waals surface area (Å²) in [5.74, 6) is 0.527. The second kappa shape index (κ2) is 6.98. The Bertz CT molecular complexity index is 614.